The Kier molecular flexibility index (Phi) is 6.34. The van der Waals surface area contributed by atoms with Gasteiger partial charge in [-0.1, -0.05) is 5.21 Å². The first-order valence-corrected chi connectivity index (χ1v) is 14.4. The molecule has 0 bridgehead atoms. The first-order valence-electron chi connectivity index (χ1n) is 14.4. The third kappa shape index (κ3) is 4.81. The Morgan fingerprint density at radius 1 is 0.974 bits per heavy atom. The molecule has 1 aromatic carbocycles. The number of carbonyl (C=O) groups is 2. The van der Waals surface area contributed by atoms with Gasteiger partial charge in [0, 0.05) is 69.1 Å². The van der Waals surface area contributed by atoms with Crippen LogP contribution in [0.15, 0.2) is 18.2 Å². The third-order valence-electron chi connectivity index (χ3n) is 9.37. The summed E-state index contributed by atoms with van der Waals surface area (Å²) in [6, 6.07) is 6.18. The van der Waals surface area contributed by atoms with Gasteiger partial charge in [-0.3, -0.25) is 14.7 Å². The topological polar surface area (TPSA) is 101 Å². The Hall–Kier alpha value is -2.94. The van der Waals surface area contributed by atoms with Gasteiger partial charge in [0.2, 0.25) is 5.91 Å². The Balaban J connectivity index is 0.980. The number of carbonyl (C=O) groups excluding carboxylic acids is 2. The molecular formula is C29H37N5O4. The highest BCUT2D eigenvalue weighted by atomic mass is 16.5. The molecule has 5 aliphatic rings. The van der Waals surface area contributed by atoms with Crippen LogP contribution in [0.5, 0.6) is 5.75 Å². The van der Waals surface area contributed by atoms with E-state index in [0.29, 0.717) is 36.7 Å². The maximum atomic E-state index is 13.6. The molecule has 1 N–H and O–H groups in total. The minimum atomic E-state index is -0.00566. The molecule has 0 radical (unpaired) electrons. The molecule has 3 saturated heterocycles. The summed E-state index contributed by atoms with van der Waals surface area (Å²) in [5.74, 6) is 2.93. The molecule has 4 fully saturated rings. The van der Waals surface area contributed by atoms with Crippen LogP contribution in [0.4, 0.5) is 0 Å². The standard InChI is InChI=1S/C29H37N5O4/c35-28(20-3-4-26-27(12-20)31-32-30-26)33-13-23-15-34(16-24(23)14-33)29(36)22-9-21(19-1-2-19)10-25(11-22)38-17-18-5-7-37-8-6-18/h9-11,18-20,23-24H,1-8,12-17H2,(H,30,31,32)/t20?,23-,24-/m0/s1. The van der Waals surface area contributed by atoms with Crippen molar-refractivity contribution in [3.63, 3.8) is 0 Å². The van der Waals surface area contributed by atoms with E-state index in [1.165, 1.54) is 18.4 Å². The molecule has 2 aromatic rings. The second-order valence-electron chi connectivity index (χ2n) is 12.1. The van der Waals surface area contributed by atoms with Gasteiger partial charge in [0.15, 0.2) is 0 Å². The second kappa shape index (κ2) is 9.98. The van der Waals surface area contributed by atoms with Gasteiger partial charge in [-0.05, 0) is 74.1 Å². The van der Waals surface area contributed by atoms with Crippen molar-refractivity contribution in [1.82, 2.24) is 25.2 Å². The average Bonchev–Trinajstić information content (AvgIpc) is 3.37. The number of ether oxygens (including phenoxy) is 2. The second-order valence-corrected chi connectivity index (χ2v) is 12.1. The number of H-pyrrole nitrogens is 1. The molecule has 1 aromatic heterocycles. The molecule has 9 heteroatoms. The fourth-order valence-electron chi connectivity index (χ4n) is 6.89. The summed E-state index contributed by atoms with van der Waals surface area (Å²) in [7, 11) is 0. The Morgan fingerprint density at radius 2 is 1.74 bits per heavy atom. The summed E-state index contributed by atoms with van der Waals surface area (Å²) in [6.07, 6.45) is 6.81. The number of likely N-dealkylation sites (tertiary alicyclic amines) is 2. The maximum absolute atomic E-state index is 13.6. The van der Waals surface area contributed by atoms with Crippen LogP contribution in [0, 0.1) is 23.7 Å². The largest absolute Gasteiger partial charge is 0.493 e. The van der Waals surface area contributed by atoms with E-state index in [1.54, 1.807) is 0 Å². The van der Waals surface area contributed by atoms with E-state index < -0.39 is 0 Å². The highest BCUT2D eigenvalue weighted by molar-refractivity contribution is 5.95. The highest BCUT2D eigenvalue weighted by Crippen LogP contribution is 2.42. The molecule has 38 heavy (non-hydrogen) atoms. The smallest absolute Gasteiger partial charge is 0.254 e. The van der Waals surface area contributed by atoms with Crippen LogP contribution in [0.2, 0.25) is 0 Å². The molecule has 1 unspecified atom stereocenters. The molecule has 3 aliphatic heterocycles. The van der Waals surface area contributed by atoms with Crippen molar-refractivity contribution in [1.29, 1.82) is 0 Å². The third-order valence-corrected chi connectivity index (χ3v) is 9.37. The number of nitrogens with one attached hydrogen (secondary N) is 1. The molecule has 1 saturated carbocycles. The number of fused-ring (bicyclic) bond motifs is 2. The maximum Gasteiger partial charge on any atom is 0.254 e. The summed E-state index contributed by atoms with van der Waals surface area (Å²) in [6.45, 7) is 5.23. The normalized spacial score (nSPS) is 27.3. The van der Waals surface area contributed by atoms with Gasteiger partial charge in [0.05, 0.1) is 18.0 Å². The SMILES string of the molecule is O=C(c1cc(OCC2CCOCC2)cc(C2CC2)c1)N1C[C@@H]2CN(C(=O)C3CCc4[nH]nnc4C3)C[C@H]2C1. The summed E-state index contributed by atoms with van der Waals surface area (Å²) in [5.41, 5.74) is 3.99. The predicted molar refractivity (Wildman–Crippen MR) is 139 cm³/mol. The Labute approximate surface area is 223 Å². The van der Waals surface area contributed by atoms with Crippen molar-refractivity contribution in [2.75, 3.05) is 46.0 Å². The van der Waals surface area contributed by atoms with E-state index in [9.17, 15) is 9.59 Å². The number of rotatable bonds is 6. The van der Waals surface area contributed by atoms with Gasteiger partial charge in [0.1, 0.15) is 5.75 Å². The summed E-state index contributed by atoms with van der Waals surface area (Å²) in [5, 5.41) is 11.0. The van der Waals surface area contributed by atoms with Crippen LogP contribution < -0.4 is 4.74 Å². The number of nitrogens with zero attached hydrogens (tertiary/aromatic N) is 4. The molecule has 4 heterocycles. The van der Waals surface area contributed by atoms with Gasteiger partial charge in [-0.2, -0.15) is 0 Å². The van der Waals surface area contributed by atoms with Crippen molar-refractivity contribution in [2.45, 2.75) is 50.9 Å². The number of aromatic nitrogens is 3. The van der Waals surface area contributed by atoms with Crippen LogP contribution in [0.25, 0.3) is 0 Å². The first-order chi connectivity index (χ1) is 18.6. The van der Waals surface area contributed by atoms with Crippen LogP contribution in [0.3, 0.4) is 0 Å². The zero-order valence-corrected chi connectivity index (χ0v) is 21.9. The molecule has 2 amide bonds. The molecular weight excluding hydrogens is 482 g/mol. The van der Waals surface area contributed by atoms with E-state index in [1.807, 2.05) is 15.9 Å². The lowest BCUT2D eigenvalue weighted by Crippen LogP contribution is -2.40. The molecule has 7 rings (SSSR count). The van der Waals surface area contributed by atoms with Gasteiger partial charge in [-0.25, -0.2) is 0 Å². The summed E-state index contributed by atoms with van der Waals surface area (Å²) in [4.78, 5) is 31.0. The zero-order chi connectivity index (χ0) is 25.6. The summed E-state index contributed by atoms with van der Waals surface area (Å²) < 4.78 is 11.7. The van der Waals surface area contributed by atoms with Crippen LogP contribution >= 0.6 is 0 Å². The van der Waals surface area contributed by atoms with E-state index in [4.69, 9.17) is 9.47 Å². The number of aromatic amines is 1. The lowest BCUT2D eigenvalue weighted by atomic mass is 9.89. The molecule has 202 valence electrons. The van der Waals surface area contributed by atoms with E-state index >= 15 is 0 Å². The Bertz CT molecular complexity index is 1190. The molecule has 3 atom stereocenters. The van der Waals surface area contributed by atoms with Crippen LogP contribution in [-0.4, -0.2) is 83.0 Å². The summed E-state index contributed by atoms with van der Waals surface area (Å²) >= 11 is 0. The van der Waals surface area contributed by atoms with Gasteiger partial charge in [0.25, 0.3) is 5.91 Å². The van der Waals surface area contributed by atoms with E-state index in [0.717, 1.165) is 87.8 Å². The van der Waals surface area contributed by atoms with Crippen LogP contribution in [0.1, 0.15) is 65.3 Å². The van der Waals surface area contributed by atoms with Crippen molar-refractivity contribution in [3.8, 4) is 5.75 Å². The van der Waals surface area contributed by atoms with Gasteiger partial charge >= 0.3 is 0 Å². The molecule has 9 nitrogen and oxygen atoms in total. The molecule has 0 spiro atoms. The predicted octanol–water partition coefficient (Wildman–Crippen LogP) is 2.82. The lowest BCUT2D eigenvalue weighted by Gasteiger charge is -2.27. The lowest BCUT2D eigenvalue weighted by molar-refractivity contribution is -0.135. The quantitative estimate of drug-likeness (QED) is 0.630. The van der Waals surface area contributed by atoms with Crippen molar-refractivity contribution in [3.05, 3.63) is 40.7 Å². The minimum absolute atomic E-state index is 0.00566. The number of hydrogen-bond donors (Lipinski definition) is 1. The van der Waals surface area contributed by atoms with Crippen molar-refractivity contribution in [2.24, 2.45) is 23.7 Å². The number of amides is 2. The van der Waals surface area contributed by atoms with E-state index in [2.05, 4.69) is 27.5 Å². The number of hydrogen-bond acceptors (Lipinski definition) is 6. The number of aryl methyl sites for hydroxylation is 1. The van der Waals surface area contributed by atoms with Crippen molar-refractivity contribution < 1.29 is 19.1 Å². The Morgan fingerprint density at radius 3 is 2.50 bits per heavy atom. The monoisotopic (exact) mass is 519 g/mol. The minimum Gasteiger partial charge on any atom is -0.493 e. The zero-order valence-electron chi connectivity index (χ0n) is 21.9. The average molecular weight is 520 g/mol. The fraction of sp³-hybridized carbons (Fsp3) is 0.655. The van der Waals surface area contributed by atoms with E-state index in [-0.39, 0.29) is 17.7 Å². The molecule has 2 aliphatic carbocycles. The fourth-order valence-corrected chi connectivity index (χ4v) is 6.89. The van der Waals surface area contributed by atoms with Gasteiger partial charge < -0.3 is 19.3 Å². The first kappa shape index (κ1) is 24.1. The van der Waals surface area contributed by atoms with Crippen LogP contribution in [-0.2, 0) is 22.4 Å². The van der Waals surface area contributed by atoms with Crippen molar-refractivity contribution >= 4 is 11.8 Å². The number of benzene rings is 1. The highest BCUT2D eigenvalue weighted by Gasteiger charge is 2.44. The van der Waals surface area contributed by atoms with Gasteiger partial charge in [-0.15, -0.1) is 5.10 Å².